The molecule has 1 aliphatic carbocycles. The minimum Gasteiger partial charge on any atom is -0.334 e. The number of nitrogens with one attached hydrogen (secondary N) is 1. The highest BCUT2D eigenvalue weighted by Crippen LogP contribution is 2.35. The number of hydrogen-bond acceptors (Lipinski definition) is 3. The van der Waals surface area contributed by atoms with Crippen LogP contribution in [-0.4, -0.2) is 47.8 Å². The minimum atomic E-state index is -0.102. The summed E-state index contributed by atoms with van der Waals surface area (Å²) in [7, 11) is 1.83. The zero-order chi connectivity index (χ0) is 22.5. The zero-order valence-electron chi connectivity index (χ0n) is 19.4. The van der Waals surface area contributed by atoms with Crippen LogP contribution in [0.3, 0.4) is 0 Å². The maximum absolute atomic E-state index is 13.2. The molecular weight excluding hydrogens is 386 g/mol. The van der Waals surface area contributed by atoms with Crippen LogP contribution in [0.2, 0.25) is 0 Å². The molecule has 2 aromatic rings. The van der Waals surface area contributed by atoms with Crippen molar-refractivity contribution in [3.63, 3.8) is 0 Å². The van der Waals surface area contributed by atoms with E-state index in [4.69, 9.17) is 0 Å². The van der Waals surface area contributed by atoms with Gasteiger partial charge in [0.05, 0.1) is 13.1 Å². The van der Waals surface area contributed by atoms with Crippen molar-refractivity contribution in [3.8, 4) is 0 Å². The fourth-order valence-electron chi connectivity index (χ4n) is 4.25. The second-order valence-corrected chi connectivity index (χ2v) is 9.08. The lowest BCUT2D eigenvalue weighted by Gasteiger charge is -2.31. The van der Waals surface area contributed by atoms with Gasteiger partial charge >= 0.3 is 0 Å². The highest BCUT2D eigenvalue weighted by molar-refractivity contribution is 5.94. The van der Waals surface area contributed by atoms with Gasteiger partial charge in [-0.2, -0.15) is 0 Å². The number of nitrogens with zero attached hydrogens (tertiary/aromatic N) is 2. The number of carbonyl (C=O) groups is 2. The molecule has 0 spiro atoms. The number of rotatable bonds is 9. The summed E-state index contributed by atoms with van der Waals surface area (Å²) >= 11 is 0. The van der Waals surface area contributed by atoms with Crippen molar-refractivity contribution in [1.82, 2.24) is 9.80 Å². The van der Waals surface area contributed by atoms with Crippen LogP contribution in [0, 0.1) is 26.7 Å². The van der Waals surface area contributed by atoms with Gasteiger partial charge < -0.3 is 10.2 Å². The van der Waals surface area contributed by atoms with Gasteiger partial charge in [0.1, 0.15) is 0 Å². The van der Waals surface area contributed by atoms with Gasteiger partial charge in [-0.15, -0.1) is 0 Å². The fraction of sp³-hybridized carbons (Fsp3) is 0.462. The molecule has 0 unspecified atom stereocenters. The molecule has 0 aromatic heterocycles. The quantitative estimate of drug-likeness (QED) is 0.656. The SMILES string of the molecule is Cc1cc(C)c(NC(=O)CN(C)CC(=O)N(Cc2ccccc2)[C@H](C)C2CC2)c(C)c1. The number of benzene rings is 2. The fourth-order valence-corrected chi connectivity index (χ4v) is 4.25. The van der Waals surface area contributed by atoms with Crippen molar-refractivity contribution in [3.05, 3.63) is 64.7 Å². The predicted octanol–water partition coefficient (Wildman–Crippen LogP) is 4.31. The summed E-state index contributed by atoms with van der Waals surface area (Å²) in [5, 5.41) is 3.02. The van der Waals surface area contributed by atoms with Crippen LogP contribution >= 0.6 is 0 Å². The summed E-state index contributed by atoms with van der Waals surface area (Å²) in [5.74, 6) is 0.560. The van der Waals surface area contributed by atoms with Crippen molar-refractivity contribution >= 4 is 17.5 Å². The molecule has 2 amide bonds. The summed E-state index contributed by atoms with van der Waals surface area (Å²) < 4.78 is 0. The van der Waals surface area contributed by atoms with E-state index in [0.717, 1.165) is 22.4 Å². The predicted molar refractivity (Wildman–Crippen MR) is 126 cm³/mol. The molecule has 2 aromatic carbocycles. The Balaban J connectivity index is 1.60. The average Bonchev–Trinajstić information content (AvgIpc) is 3.54. The van der Waals surface area contributed by atoms with E-state index in [-0.39, 0.29) is 30.9 Å². The molecule has 0 bridgehead atoms. The second-order valence-electron chi connectivity index (χ2n) is 9.08. The molecule has 1 atom stereocenters. The van der Waals surface area contributed by atoms with E-state index in [0.29, 0.717) is 12.5 Å². The van der Waals surface area contributed by atoms with E-state index in [2.05, 4.69) is 43.4 Å². The van der Waals surface area contributed by atoms with Crippen molar-refractivity contribution in [2.45, 2.75) is 53.1 Å². The first-order chi connectivity index (χ1) is 14.7. The molecule has 1 fully saturated rings. The molecule has 0 aliphatic heterocycles. The molecule has 0 heterocycles. The normalized spacial score (nSPS) is 14.4. The summed E-state index contributed by atoms with van der Waals surface area (Å²) in [6.07, 6.45) is 2.38. The van der Waals surface area contributed by atoms with Crippen LogP contribution in [-0.2, 0) is 16.1 Å². The largest absolute Gasteiger partial charge is 0.334 e. The van der Waals surface area contributed by atoms with Crippen LogP contribution in [0.1, 0.15) is 42.0 Å². The number of anilines is 1. The van der Waals surface area contributed by atoms with Gasteiger partial charge in [-0.05, 0) is 70.2 Å². The van der Waals surface area contributed by atoms with Gasteiger partial charge in [-0.1, -0.05) is 48.0 Å². The molecule has 5 heteroatoms. The first-order valence-electron chi connectivity index (χ1n) is 11.1. The average molecular weight is 422 g/mol. The lowest BCUT2D eigenvalue weighted by atomic mass is 10.1. The highest BCUT2D eigenvalue weighted by Gasteiger charge is 2.34. The van der Waals surface area contributed by atoms with Gasteiger partial charge in [0.15, 0.2) is 0 Å². The summed E-state index contributed by atoms with van der Waals surface area (Å²) in [6.45, 7) is 9.22. The van der Waals surface area contributed by atoms with Gasteiger partial charge in [0, 0.05) is 18.3 Å². The van der Waals surface area contributed by atoms with Gasteiger partial charge in [0.2, 0.25) is 11.8 Å². The summed E-state index contributed by atoms with van der Waals surface area (Å²) in [5.41, 5.74) is 5.28. The Morgan fingerprint density at radius 2 is 1.65 bits per heavy atom. The first kappa shape index (κ1) is 23.0. The van der Waals surface area contributed by atoms with Crippen LogP contribution in [0.15, 0.2) is 42.5 Å². The van der Waals surface area contributed by atoms with Crippen molar-refractivity contribution < 1.29 is 9.59 Å². The number of amides is 2. The number of likely N-dealkylation sites (N-methyl/N-ethyl adjacent to an activating group) is 1. The maximum Gasteiger partial charge on any atom is 0.238 e. The number of aryl methyl sites for hydroxylation is 3. The van der Waals surface area contributed by atoms with Crippen molar-refractivity contribution in [2.75, 3.05) is 25.5 Å². The van der Waals surface area contributed by atoms with Gasteiger partial charge in [-0.25, -0.2) is 0 Å². The summed E-state index contributed by atoms with van der Waals surface area (Å²) in [6, 6.07) is 14.5. The molecule has 31 heavy (non-hydrogen) atoms. The Labute approximate surface area is 186 Å². The molecule has 3 rings (SSSR count). The van der Waals surface area contributed by atoms with Gasteiger partial charge in [0.25, 0.3) is 0 Å². The maximum atomic E-state index is 13.2. The van der Waals surface area contributed by atoms with Crippen LogP contribution in [0.4, 0.5) is 5.69 Å². The standard InChI is InChI=1S/C26H35N3O2/c1-18-13-19(2)26(20(3)14-18)27-24(30)16-28(5)17-25(31)29(21(4)23-11-12-23)15-22-9-7-6-8-10-22/h6-10,13-14,21,23H,11-12,15-17H2,1-5H3,(H,27,30)/t21-/m1/s1. The molecule has 0 saturated heterocycles. The van der Waals surface area contributed by atoms with Crippen molar-refractivity contribution in [2.24, 2.45) is 5.92 Å². The Kier molecular flexibility index (Phi) is 7.50. The smallest absolute Gasteiger partial charge is 0.238 e. The molecule has 1 aliphatic rings. The molecule has 1 N–H and O–H groups in total. The number of carbonyl (C=O) groups excluding carboxylic acids is 2. The zero-order valence-corrected chi connectivity index (χ0v) is 19.4. The molecule has 0 radical (unpaired) electrons. The third-order valence-corrected chi connectivity index (χ3v) is 6.07. The van der Waals surface area contributed by atoms with E-state index < -0.39 is 0 Å². The first-order valence-corrected chi connectivity index (χ1v) is 11.1. The van der Waals surface area contributed by atoms with E-state index in [9.17, 15) is 9.59 Å². The lowest BCUT2D eigenvalue weighted by Crippen LogP contribution is -2.45. The van der Waals surface area contributed by atoms with E-state index in [1.807, 2.05) is 44.0 Å². The Hall–Kier alpha value is -2.66. The van der Waals surface area contributed by atoms with Crippen molar-refractivity contribution in [1.29, 1.82) is 0 Å². The molecular formula is C26H35N3O2. The molecule has 1 saturated carbocycles. The van der Waals surface area contributed by atoms with Crippen LogP contribution in [0.25, 0.3) is 0 Å². The van der Waals surface area contributed by atoms with Gasteiger partial charge in [-0.3, -0.25) is 14.5 Å². The van der Waals surface area contributed by atoms with E-state index in [1.54, 1.807) is 4.90 Å². The minimum absolute atomic E-state index is 0.0706. The lowest BCUT2D eigenvalue weighted by molar-refractivity contribution is -0.135. The molecule has 166 valence electrons. The summed E-state index contributed by atoms with van der Waals surface area (Å²) in [4.78, 5) is 29.6. The highest BCUT2D eigenvalue weighted by atomic mass is 16.2. The monoisotopic (exact) mass is 421 g/mol. The Morgan fingerprint density at radius 3 is 2.23 bits per heavy atom. The Bertz CT molecular complexity index is 898. The topological polar surface area (TPSA) is 52.7 Å². The number of hydrogen-bond donors (Lipinski definition) is 1. The molecule has 5 nitrogen and oxygen atoms in total. The third-order valence-electron chi connectivity index (χ3n) is 6.07. The third kappa shape index (κ3) is 6.41. The second kappa shape index (κ2) is 10.1. The van der Waals surface area contributed by atoms with E-state index >= 15 is 0 Å². The van der Waals surface area contributed by atoms with E-state index in [1.165, 1.54) is 18.4 Å². The Morgan fingerprint density at radius 1 is 1.03 bits per heavy atom. The van der Waals surface area contributed by atoms with Crippen LogP contribution in [0.5, 0.6) is 0 Å². The van der Waals surface area contributed by atoms with Crippen LogP contribution < -0.4 is 5.32 Å².